The maximum Gasteiger partial charge on any atom is 0.243 e. The summed E-state index contributed by atoms with van der Waals surface area (Å²) in [5.74, 6) is 0.291. The number of benzene rings is 2. The van der Waals surface area contributed by atoms with Gasteiger partial charge in [0.1, 0.15) is 5.75 Å². The van der Waals surface area contributed by atoms with Crippen molar-refractivity contribution in [3.8, 4) is 5.75 Å². The van der Waals surface area contributed by atoms with Gasteiger partial charge in [-0.2, -0.15) is 4.31 Å². The Morgan fingerprint density at radius 3 is 2.30 bits per heavy atom. The maximum atomic E-state index is 12.4. The molecule has 0 bridgehead atoms. The van der Waals surface area contributed by atoms with E-state index in [2.05, 4.69) is 5.32 Å². The minimum atomic E-state index is -3.51. The van der Waals surface area contributed by atoms with Crippen molar-refractivity contribution in [2.24, 2.45) is 0 Å². The SMILES string of the molecule is CCN(CC)S(=O)(=O)c1ccc(NC(=O)CCOc2ccccc2Cl)cc1. The Balaban J connectivity index is 1.90. The van der Waals surface area contributed by atoms with Crippen molar-refractivity contribution in [2.75, 3.05) is 25.0 Å². The number of hydrogen-bond acceptors (Lipinski definition) is 4. The fraction of sp³-hybridized carbons (Fsp3) is 0.316. The molecule has 0 aliphatic heterocycles. The van der Waals surface area contributed by atoms with Crippen LogP contribution in [0.4, 0.5) is 5.69 Å². The number of nitrogens with zero attached hydrogens (tertiary/aromatic N) is 1. The van der Waals surface area contributed by atoms with Crippen LogP contribution in [-0.2, 0) is 14.8 Å². The summed E-state index contributed by atoms with van der Waals surface area (Å²) < 4.78 is 31.7. The first kappa shape index (κ1) is 21.2. The minimum absolute atomic E-state index is 0.144. The van der Waals surface area contributed by atoms with E-state index in [0.29, 0.717) is 29.5 Å². The Morgan fingerprint density at radius 2 is 1.70 bits per heavy atom. The van der Waals surface area contributed by atoms with Gasteiger partial charge in [0.15, 0.2) is 0 Å². The number of anilines is 1. The first-order valence-electron chi connectivity index (χ1n) is 8.65. The monoisotopic (exact) mass is 410 g/mol. The molecule has 0 spiro atoms. The Morgan fingerprint density at radius 1 is 1.07 bits per heavy atom. The van der Waals surface area contributed by atoms with Crippen molar-refractivity contribution in [3.63, 3.8) is 0 Å². The molecule has 0 saturated heterocycles. The quantitative estimate of drug-likeness (QED) is 0.682. The van der Waals surface area contributed by atoms with Gasteiger partial charge in [-0.15, -0.1) is 0 Å². The van der Waals surface area contributed by atoms with E-state index in [-0.39, 0.29) is 23.8 Å². The van der Waals surface area contributed by atoms with Gasteiger partial charge < -0.3 is 10.1 Å². The number of rotatable bonds is 9. The molecule has 146 valence electrons. The zero-order chi connectivity index (χ0) is 19.9. The van der Waals surface area contributed by atoms with Gasteiger partial charge in [-0.1, -0.05) is 37.6 Å². The van der Waals surface area contributed by atoms with E-state index >= 15 is 0 Å². The first-order valence-corrected chi connectivity index (χ1v) is 10.5. The van der Waals surface area contributed by atoms with E-state index in [1.807, 2.05) is 0 Å². The summed E-state index contributed by atoms with van der Waals surface area (Å²) in [5.41, 5.74) is 0.524. The number of amides is 1. The molecule has 0 aliphatic carbocycles. The van der Waals surface area contributed by atoms with Crippen LogP contribution in [0.15, 0.2) is 53.4 Å². The molecule has 0 heterocycles. The van der Waals surface area contributed by atoms with E-state index in [1.54, 1.807) is 50.2 Å². The average molecular weight is 411 g/mol. The Hall–Kier alpha value is -2.09. The fourth-order valence-corrected chi connectivity index (χ4v) is 4.11. The number of carbonyl (C=O) groups excluding carboxylic acids is 1. The lowest BCUT2D eigenvalue weighted by atomic mass is 10.3. The molecule has 27 heavy (non-hydrogen) atoms. The summed E-state index contributed by atoms with van der Waals surface area (Å²) >= 11 is 5.99. The lowest BCUT2D eigenvalue weighted by Crippen LogP contribution is -2.30. The number of hydrogen-bond donors (Lipinski definition) is 1. The predicted octanol–water partition coefficient (Wildman–Crippen LogP) is 3.78. The van der Waals surface area contributed by atoms with Gasteiger partial charge in [-0.05, 0) is 36.4 Å². The second-order valence-corrected chi connectivity index (χ2v) is 8.04. The van der Waals surface area contributed by atoms with Crippen molar-refractivity contribution in [3.05, 3.63) is 53.6 Å². The van der Waals surface area contributed by atoms with Crippen LogP contribution in [0, 0.1) is 0 Å². The highest BCUT2D eigenvalue weighted by Gasteiger charge is 2.21. The average Bonchev–Trinajstić information content (AvgIpc) is 2.64. The second kappa shape index (κ2) is 9.73. The predicted molar refractivity (Wildman–Crippen MR) is 107 cm³/mol. The molecule has 6 nitrogen and oxygen atoms in total. The highest BCUT2D eigenvalue weighted by molar-refractivity contribution is 7.89. The molecule has 0 aromatic heterocycles. The Kier molecular flexibility index (Phi) is 7.65. The summed E-state index contributed by atoms with van der Waals surface area (Å²) in [5, 5.41) is 3.21. The number of para-hydroxylation sites is 1. The van der Waals surface area contributed by atoms with E-state index in [4.69, 9.17) is 16.3 Å². The molecular formula is C19H23ClN2O4S. The van der Waals surface area contributed by atoms with Crippen LogP contribution in [0.1, 0.15) is 20.3 Å². The molecule has 2 aromatic carbocycles. The van der Waals surface area contributed by atoms with Crippen LogP contribution < -0.4 is 10.1 Å². The molecule has 1 amide bonds. The largest absolute Gasteiger partial charge is 0.491 e. The number of carbonyl (C=O) groups is 1. The fourth-order valence-electron chi connectivity index (χ4n) is 2.46. The van der Waals surface area contributed by atoms with Crippen LogP contribution >= 0.6 is 11.6 Å². The third-order valence-electron chi connectivity index (χ3n) is 3.90. The summed E-state index contributed by atoms with van der Waals surface area (Å²) in [6.45, 7) is 4.58. The van der Waals surface area contributed by atoms with Crippen LogP contribution in [0.25, 0.3) is 0 Å². The van der Waals surface area contributed by atoms with Gasteiger partial charge in [0, 0.05) is 18.8 Å². The number of halogens is 1. The molecule has 2 aromatic rings. The highest BCUT2D eigenvalue weighted by Crippen LogP contribution is 2.23. The topological polar surface area (TPSA) is 75.7 Å². The third kappa shape index (κ3) is 5.69. The van der Waals surface area contributed by atoms with Crippen LogP contribution in [-0.4, -0.2) is 38.3 Å². The van der Waals surface area contributed by atoms with E-state index in [9.17, 15) is 13.2 Å². The van der Waals surface area contributed by atoms with Crippen LogP contribution in [0.5, 0.6) is 5.75 Å². The Bertz CT molecular complexity index is 866. The lowest BCUT2D eigenvalue weighted by Gasteiger charge is -2.18. The molecule has 0 radical (unpaired) electrons. The van der Waals surface area contributed by atoms with Crippen LogP contribution in [0.3, 0.4) is 0 Å². The molecule has 0 aliphatic rings. The van der Waals surface area contributed by atoms with Crippen molar-refractivity contribution in [2.45, 2.75) is 25.2 Å². The van der Waals surface area contributed by atoms with Crippen molar-refractivity contribution in [1.82, 2.24) is 4.31 Å². The highest BCUT2D eigenvalue weighted by atomic mass is 35.5. The first-order chi connectivity index (χ1) is 12.9. The molecule has 0 fully saturated rings. The molecular weight excluding hydrogens is 388 g/mol. The van der Waals surface area contributed by atoms with Crippen molar-refractivity contribution < 1.29 is 17.9 Å². The Labute approximate surface area is 165 Å². The van der Waals surface area contributed by atoms with E-state index in [0.717, 1.165) is 0 Å². The number of nitrogens with one attached hydrogen (secondary N) is 1. The van der Waals surface area contributed by atoms with Gasteiger partial charge in [-0.3, -0.25) is 4.79 Å². The summed E-state index contributed by atoms with van der Waals surface area (Å²) in [7, 11) is -3.51. The normalized spacial score (nSPS) is 11.4. The molecule has 8 heteroatoms. The van der Waals surface area contributed by atoms with Gasteiger partial charge in [0.05, 0.1) is 22.9 Å². The molecule has 2 rings (SSSR count). The zero-order valence-electron chi connectivity index (χ0n) is 15.3. The third-order valence-corrected chi connectivity index (χ3v) is 6.28. The smallest absolute Gasteiger partial charge is 0.243 e. The van der Waals surface area contributed by atoms with Gasteiger partial charge >= 0.3 is 0 Å². The van der Waals surface area contributed by atoms with Gasteiger partial charge in [0.25, 0.3) is 0 Å². The number of ether oxygens (including phenoxy) is 1. The molecule has 0 saturated carbocycles. The van der Waals surface area contributed by atoms with E-state index < -0.39 is 10.0 Å². The maximum absolute atomic E-state index is 12.4. The minimum Gasteiger partial charge on any atom is -0.491 e. The summed E-state index contributed by atoms with van der Waals surface area (Å²) in [4.78, 5) is 12.2. The molecule has 1 N–H and O–H groups in total. The van der Waals surface area contributed by atoms with E-state index in [1.165, 1.54) is 16.4 Å². The lowest BCUT2D eigenvalue weighted by molar-refractivity contribution is -0.116. The second-order valence-electron chi connectivity index (χ2n) is 5.69. The number of sulfonamides is 1. The van der Waals surface area contributed by atoms with Crippen molar-refractivity contribution in [1.29, 1.82) is 0 Å². The standard InChI is InChI=1S/C19H23ClN2O4S/c1-3-22(4-2)27(24,25)16-11-9-15(10-12-16)21-19(23)13-14-26-18-8-6-5-7-17(18)20/h5-12H,3-4,13-14H2,1-2H3,(H,21,23). The van der Waals surface area contributed by atoms with Crippen molar-refractivity contribution >= 4 is 33.2 Å². The van der Waals surface area contributed by atoms with Gasteiger partial charge in [0.2, 0.25) is 15.9 Å². The zero-order valence-corrected chi connectivity index (χ0v) is 16.9. The summed E-state index contributed by atoms with van der Waals surface area (Å²) in [6.07, 6.45) is 0.144. The van der Waals surface area contributed by atoms with Gasteiger partial charge in [-0.25, -0.2) is 8.42 Å². The summed E-state index contributed by atoms with van der Waals surface area (Å²) in [6, 6.07) is 13.2. The molecule has 0 atom stereocenters. The van der Waals surface area contributed by atoms with Crippen LogP contribution in [0.2, 0.25) is 5.02 Å². The molecule has 0 unspecified atom stereocenters.